The molecule has 0 atom stereocenters. The van der Waals surface area contributed by atoms with E-state index in [4.69, 9.17) is 35.4 Å². The predicted molar refractivity (Wildman–Crippen MR) is 79.9 cm³/mol. The summed E-state index contributed by atoms with van der Waals surface area (Å²) in [6, 6.07) is 5.61. The van der Waals surface area contributed by atoms with Gasteiger partial charge in [-0.1, -0.05) is 43.1 Å². The van der Waals surface area contributed by atoms with Crippen LogP contribution in [0.4, 0.5) is 0 Å². The molecule has 0 amide bonds. The zero-order chi connectivity index (χ0) is 13.3. The average Bonchev–Trinajstić information content (AvgIpc) is 2.64. The number of nitrogens with zero attached hydrogens (tertiary/aromatic N) is 1. The summed E-state index contributed by atoms with van der Waals surface area (Å²) < 4.78 is 2.81. The number of nitrogens with one attached hydrogen (secondary N) is 1. The molecule has 96 valence electrons. The second-order valence-corrected chi connectivity index (χ2v) is 5.81. The fourth-order valence-corrected chi connectivity index (χ4v) is 2.37. The Labute approximate surface area is 122 Å². The van der Waals surface area contributed by atoms with Crippen LogP contribution in [0.3, 0.4) is 0 Å². The molecule has 2 aromatic rings. The van der Waals surface area contributed by atoms with Crippen LogP contribution in [-0.4, -0.2) is 9.55 Å². The first-order valence-corrected chi connectivity index (χ1v) is 6.89. The Kier molecular flexibility index (Phi) is 4.15. The monoisotopic (exact) mass is 300 g/mol. The molecule has 1 aromatic carbocycles. The number of aromatic amines is 1. The van der Waals surface area contributed by atoms with Gasteiger partial charge < -0.3 is 9.55 Å². The maximum atomic E-state index is 6.05. The zero-order valence-electron chi connectivity index (χ0n) is 10.2. The molecule has 18 heavy (non-hydrogen) atoms. The third-order valence-corrected chi connectivity index (χ3v) is 3.71. The lowest BCUT2D eigenvalue weighted by molar-refractivity contribution is 0.522. The summed E-state index contributed by atoms with van der Waals surface area (Å²) in [5.41, 5.74) is 2.05. The maximum absolute atomic E-state index is 6.05. The van der Waals surface area contributed by atoms with Crippen LogP contribution in [0.1, 0.15) is 13.8 Å². The molecule has 0 aliphatic rings. The molecule has 0 saturated heterocycles. The summed E-state index contributed by atoms with van der Waals surface area (Å²) >= 11 is 17.3. The Bertz CT molecular complexity index is 614. The minimum Gasteiger partial charge on any atom is -0.337 e. The Hall–Kier alpha value is -0.770. The van der Waals surface area contributed by atoms with Gasteiger partial charge in [0.25, 0.3) is 0 Å². The molecule has 1 heterocycles. The van der Waals surface area contributed by atoms with Gasteiger partial charge in [0.15, 0.2) is 4.77 Å². The lowest BCUT2D eigenvalue weighted by Crippen LogP contribution is -2.05. The summed E-state index contributed by atoms with van der Waals surface area (Å²) in [5.74, 6) is 0.522. The molecule has 2 rings (SSSR count). The van der Waals surface area contributed by atoms with Crippen molar-refractivity contribution in [3.05, 3.63) is 39.2 Å². The van der Waals surface area contributed by atoms with E-state index < -0.39 is 0 Å². The highest BCUT2D eigenvalue weighted by atomic mass is 35.5. The molecule has 2 nitrogen and oxygen atoms in total. The lowest BCUT2D eigenvalue weighted by Gasteiger charge is -2.11. The van der Waals surface area contributed by atoms with Crippen molar-refractivity contribution < 1.29 is 0 Å². The maximum Gasteiger partial charge on any atom is 0.177 e. The molecule has 1 N–H and O–H groups in total. The molecule has 0 radical (unpaired) electrons. The van der Waals surface area contributed by atoms with Crippen LogP contribution in [0.25, 0.3) is 11.3 Å². The van der Waals surface area contributed by atoms with Gasteiger partial charge in [0.2, 0.25) is 0 Å². The van der Waals surface area contributed by atoms with Gasteiger partial charge >= 0.3 is 0 Å². The number of hydrogen-bond acceptors (Lipinski definition) is 1. The third-order valence-electron chi connectivity index (χ3n) is 2.63. The average molecular weight is 301 g/mol. The van der Waals surface area contributed by atoms with Crippen molar-refractivity contribution in [1.29, 1.82) is 0 Å². The molecule has 0 aliphatic carbocycles. The molecule has 0 saturated carbocycles. The van der Waals surface area contributed by atoms with Gasteiger partial charge in [-0.15, -0.1) is 0 Å². The topological polar surface area (TPSA) is 20.7 Å². The van der Waals surface area contributed by atoms with Gasteiger partial charge in [-0.25, -0.2) is 0 Å². The van der Waals surface area contributed by atoms with Gasteiger partial charge in [0.1, 0.15) is 0 Å². The highest BCUT2D eigenvalue weighted by Crippen LogP contribution is 2.28. The number of imidazole rings is 1. The Morgan fingerprint density at radius 2 is 2.00 bits per heavy atom. The normalized spacial score (nSPS) is 11.2. The predicted octanol–water partition coefficient (Wildman–Crippen LogP) is 5.18. The third kappa shape index (κ3) is 2.79. The van der Waals surface area contributed by atoms with Crippen molar-refractivity contribution in [2.75, 3.05) is 0 Å². The number of benzene rings is 1. The van der Waals surface area contributed by atoms with Crippen molar-refractivity contribution >= 4 is 35.4 Å². The Balaban J connectivity index is 2.50. The van der Waals surface area contributed by atoms with E-state index in [9.17, 15) is 0 Å². The van der Waals surface area contributed by atoms with E-state index in [0.717, 1.165) is 22.6 Å². The molecule has 0 bridgehead atoms. The van der Waals surface area contributed by atoms with Crippen molar-refractivity contribution in [2.24, 2.45) is 5.92 Å². The summed E-state index contributed by atoms with van der Waals surface area (Å²) in [7, 11) is 0. The minimum atomic E-state index is 0.522. The first-order chi connectivity index (χ1) is 8.49. The van der Waals surface area contributed by atoms with E-state index in [1.807, 2.05) is 18.3 Å². The number of hydrogen-bond donors (Lipinski definition) is 1. The second kappa shape index (κ2) is 5.47. The van der Waals surface area contributed by atoms with Crippen LogP contribution in [0.2, 0.25) is 10.0 Å². The molecule has 1 aromatic heterocycles. The number of H-pyrrole nitrogens is 1. The highest BCUT2D eigenvalue weighted by molar-refractivity contribution is 7.71. The van der Waals surface area contributed by atoms with Crippen LogP contribution in [0.5, 0.6) is 0 Å². The molecule has 0 aliphatic heterocycles. The fraction of sp³-hybridized carbons (Fsp3) is 0.308. The van der Waals surface area contributed by atoms with Crippen LogP contribution in [0.15, 0.2) is 24.4 Å². The van der Waals surface area contributed by atoms with Crippen molar-refractivity contribution in [3.63, 3.8) is 0 Å². The first kappa shape index (κ1) is 13.7. The van der Waals surface area contributed by atoms with Crippen molar-refractivity contribution in [3.8, 4) is 11.3 Å². The Morgan fingerprint density at radius 3 is 2.61 bits per heavy atom. The summed E-state index contributed by atoms with van der Waals surface area (Å²) in [6.45, 7) is 5.19. The first-order valence-electron chi connectivity index (χ1n) is 5.72. The fourth-order valence-electron chi connectivity index (χ4n) is 1.84. The van der Waals surface area contributed by atoms with Gasteiger partial charge in [-0.3, -0.25) is 0 Å². The zero-order valence-corrected chi connectivity index (χ0v) is 12.5. The second-order valence-electron chi connectivity index (χ2n) is 4.61. The smallest absolute Gasteiger partial charge is 0.177 e. The lowest BCUT2D eigenvalue weighted by atomic mass is 10.1. The number of halogens is 2. The van der Waals surface area contributed by atoms with Crippen molar-refractivity contribution in [1.82, 2.24) is 9.55 Å². The van der Waals surface area contributed by atoms with Crippen molar-refractivity contribution in [2.45, 2.75) is 20.4 Å². The summed E-state index contributed by atoms with van der Waals surface area (Å²) in [4.78, 5) is 3.08. The van der Waals surface area contributed by atoms with Crippen LogP contribution in [0, 0.1) is 10.7 Å². The van der Waals surface area contributed by atoms with Gasteiger partial charge in [-0.05, 0) is 30.3 Å². The quantitative estimate of drug-likeness (QED) is 0.775. The van der Waals surface area contributed by atoms with Gasteiger partial charge in [0, 0.05) is 18.3 Å². The van der Waals surface area contributed by atoms with Gasteiger partial charge in [-0.2, -0.15) is 0 Å². The molecular formula is C13H14Cl2N2S. The molecule has 5 heteroatoms. The summed E-state index contributed by atoms with van der Waals surface area (Å²) in [6.07, 6.45) is 1.91. The van der Waals surface area contributed by atoms with E-state index in [1.165, 1.54) is 0 Å². The van der Waals surface area contributed by atoms with E-state index in [1.54, 1.807) is 6.07 Å². The van der Waals surface area contributed by atoms with Crippen LogP contribution < -0.4 is 0 Å². The summed E-state index contributed by atoms with van der Waals surface area (Å²) in [5, 5.41) is 1.11. The number of rotatable bonds is 3. The Morgan fingerprint density at radius 1 is 1.28 bits per heavy atom. The highest BCUT2D eigenvalue weighted by Gasteiger charge is 2.09. The molecular weight excluding hydrogens is 287 g/mol. The van der Waals surface area contributed by atoms with E-state index in [0.29, 0.717) is 16.0 Å². The van der Waals surface area contributed by atoms with E-state index in [2.05, 4.69) is 23.4 Å². The van der Waals surface area contributed by atoms with Gasteiger partial charge in [0.05, 0.1) is 15.7 Å². The van der Waals surface area contributed by atoms with E-state index >= 15 is 0 Å². The molecule has 0 unspecified atom stereocenters. The molecule has 0 spiro atoms. The van der Waals surface area contributed by atoms with Crippen LogP contribution in [-0.2, 0) is 6.54 Å². The minimum absolute atomic E-state index is 0.522. The SMILES string of the molecule is CC(C)Cn1c(-c2ccc(Cl)c(Cl)c2)c[nH]c1=S. The van der Waals surface area contributed by atoms with E-state index in [-0.39, 0.29) is 0 Å². The largest absolute Gasteiger partial charge is 0.337 e. The number of aromatic nitrogens is 2. The molecule has 0 fully saturated rings. The van der Waals surface area contributed by atoms with Crippen LogP contribution >= 0.6 is 35.4 Å². The standard InChI is InChI=1S/C13H14Cl2N2S/c1-8(2)7-17-12(6-16-13(17)18)9-3-4-10(14)11(15)5-9/h3-6,8H,7H2,1-2H3,(H,16,18).